The van der Waals surface area contributed by atoms with Gasteiger partial charge < -0.3 is 10.3 Å². The van der Waals surface area contributed by atoms with Crippen molar-refractivity contribution in [2.75, 3.05) is 5.73 Å². The molecule has 0 aliphatic rings. The minimum atomic E-state index is -0.442. The number of fused-ring (bicyclic) bond motifs is 1. The molecule has 0 aliphatic heterocycles. The van der Waals surface area contributed by atoms with Crippen molar-refractivity contribution in [3.8, 4) is 11.1 Å². The van der Waals surface area contributed by atoms with Gasteiger partial charge >= 0.3 is 0 Å². The predicted molar refractivity (Wildman–Crippen MR) is 79.0 cm³/mol. The second-order valence-electron chi connectivity index (χ2n) is 4.74. The highest BCUT2D eigenvalue weighted by atomic mass is 19.1. The van der Waals surface area contributed by atoms with Crippen LogP contribution in [0.5, 0.6) is 0 Å². The van der Waals surface area contributed by atoms with Crippen molar-refractivity contribution >= 4 is 16.5 Å². The molecule has 0 saturated heterocycles. The van der Waals surface area contributed by atoms with Crippen LogP contribution in [0.25, 0.3) is 21.9 Å². The molecule has 100 valence electrons. The molecule has 0 amide bonds. The maximum atomic E-state index is 13.3. The molecule has 1 heterocycles. The Balaban J connectivity index is 2.39. The van der Waals surface area contributed by atoms with Gasteiger partial charge in [0.1, 0.15) is 5.82 Å². The number of nitrogen functional groups attached to an aromatic ring is 1. The third kappa shape index (κ3) is 1.86. The minimum Gasteiger partial charge on any atom is -0.396 e. The van der Waals surface area contributed by atoms with E-state index in [0.717, 1.165) is 16.5 Å². The van der Waals surface area contributed by atoms with Crippen LogP contribution in [0.3, 0.4) is 0 Å². The van der Waals surface area contributed by atoms with Gasteiger partial charge in [0.15, 0.2) is 0 Å². The summed E-state index contributed by atoms with van der Waals surface area (Å²) < 4.78 is 14.8. The third-order valence-corrected chi connectivity index (χ3v) is 3.40. The molecule has 0 unspecified atom stereocenters. The Morgan fingerprint density at radius 1 is 1.10 bits per heavy atom. The van der Waals surface area contributed by atoms with Gasteiger partial charge in [-0.1, -0.05) is 24.3 Å². The molecule has 1 aromatic heterocycles. The summed E-state index contributed by atoms with van der Waals surface area (Å²) in [5, 5.41) is 1.47. The number of hydrogen-bond donors (Lipinski definition) is 1. The van der Waals surface area contributed by atoms with Gasteiger partial charge in [0, 0.05) is 24.2 Å². The molecule has 3 nitrogen and oxygen atoms in total. The van der Waals surface area contributed by atoms with E-state index < -0.39 is 5.82 Å². The van der Waals surface area contributed by atoms with Crippen LogP contribution in [0.2, 0.25) is 0 Å². The molecular formula is C16H13FN2O. The number of pyridine rings is 1. The maximum absolute atomic E-state index is 13.3. The van der Waals surface area contributed by atoms with Crippen molar-refractivity contribution in [3.05, 3.63) is 64.8 Å². The van der Waals surface area contributed by atoms with E-state index in [1.165, 1.54) is 10.6 Å². The van der Waals surface area contributed by atoms with Gasteiger partial charge in [-0.05, 0) is 29.1 Å². The largest absolute Gasteiger partial charge is 0.396 e. The first-order valence-corrected chi connectivity index (χ1v) is 6.21. The summed E-state index contributed by atoms with van der Waals surface area (Å²) >= 11 is 0. The second-order valence-corrected chi connectivity index (χ2v) is 4.74. The van der Waals surface area contributed by atoms with Crippen LogP contribution in [0.4, 0.5) is 10.1 Å². The second kappa shape index (κ2) is 4.49. The Morgan fingerprint density at radius 3 is 2.50 bits per heavy atom. The number of benzene rings is 2. The maximum Gasteiger partial charge on any atom is 0.258 e. The van der Waals surface area contributed by atoms with Crippen LogP contribution in [0.1, 0.15) is 0 Å². The molecule has 0 fully saturated rings. The highest BCUT2D eigenvalue weighted by molar-refractivity contribution is 5.96. The molecule has 4 heteroatoms. The molecule has 20 heavy (non-hydrogen) atoms. The number of anilines is 1. The van der Waals surface area contributed by atoms with Crippen LogP contribution in [-0.4, -0.2) is 4.57 Å². The van der Waals surface area contributed by atoms with Crippen LogP contribution >= 0.6 is 0 Å². The van der Waals surface area contributed by atoms with Gasteiger partial charge in [0.2, 0.25) is 0 Å². The number of hydrogen-bond acceptors (Lipinski definition) is 2. The topological polar surface area (TPSA) is 48.0 Å². The average Bonchev–Trinajstić information content (AvgIpc) is 2.46. The fraction of sp³-hybridized carbons (Fsp3) is 0.0625. The molecule has 2 aromatic carbocycles. The van der Waals surface area contributed by atoms with E-state index >= 15 is 0 Å². The molecule has 0 saturated carbocycles. The first-order valence-electron chi connectivity index (χ1n) is 6.21. The molecule has 0 spiro atoms. The zero-order valence-electron chi connectivity index (χ0n) is 10.9. The van der Waals surface area contributed by atoms with Crippen molar-refractivity contribution in [2.24, 2.45) is 7.05 Å². The summed E-state index contributed by atoms with van der Waals surface area (Å²) in [6, 6.07) is 12.0. The van der Waals surface area contributed by atoms with Crippen molar-refractivity contribution in [3.63, 3.8) is 0 Å². The SMILES string of the molecule is Cn1cc(-c2ccc(F)c(N)c2)c2ccccc2c1=O. The zero-order chi connectivity index (χ0) is 14.3. The summed E-state index contributed by atoms with van der Waals surface area (Å²) in [7, 11) is 1.70. The van der Waals surface area contributed by atoms with E-state index in [2.05, 4.69) is 0 Å². The summed E-state index contributed by atoms with van der Waals surface area (Å²) in [6.07, 6.45) is 1.75. The summed E-state index contributed by atoms with van der Waals surface area (Å²) in [5.74, 6) is -0.442. The Hall–Kier alpha value is -2.62. The van der Waals surface area contributed by atoms with E-state index in [1.807, 2.05) is 18.2 Å². The summed E-state index contributed by atoms with van der Waals surface area (Å²) in [5.41, 5.74) is 7.31. The lowest BCUT2D eigenvalue weighted by Gasteiger charge is -2.10. The third-order valence-electron chi connectivity index (χ3n) is 3.40. The van der Waals surface area contributed by atoms with Gasteiger partial charge in [-0.25, -0.2) is 4.39 Å². The average molecular weight is 268 g/mol. The number of nitrogens with two attached hydrogens (primary N) is 1. The van der Waals surface area contributed by atoms with Crippen LogP contribution < -0.4 is 11.3 Å². The number of rotatable bonds is 1. The fourth-order valence-electron chi connectivity index (χ4n) is 2.36. The molecular weight excluding hydrogens is 255 g/mol. The number of aromatic nitrogens is 1. The smallest absolute Gasteiger partial charge is 0.258 e. The van der Waals surface area contributed by atoms with Crippen LogP contribution in [-0.2, 0) is 7.05 Å². The molecule has 2 N–H and O–H groups in total. The molecule has 0 aliphatic carbocycles. The van der Waals surface area contributed by atoms with E-state index in [4.69, 9.17) is 5.73 Å². The first-order chi connectivity index (χ1) is 9.58. The number of aryl methyl sites for hydroxylation is 1. The zero-order valence-corrected chi connectivity index (χ0v) is 10.9. The minimum absolute atomic E-state index is 0.0561. The fourth-order valence-corrected chi connectivity index (χ4v) is 2.36. The molecule has 0 radical (unpaired) electrons. The lowest BCUT2D eigenvalue weighted by atomic mass is 10.00. The number of nitrogens with zero attached hydrogens (tertiary/aromatic N) is 1. The lowest BCUT2D eigenvalue weighted by Crippen LogP contribution is -2.16. The monoisotopic (exact) mass is 268 g/mol. The van der Waals surface area contributed by atoms with E-state index in [1.54, 1.807) is 31.4 Å². The van der Waals surface area contributed by atoms with Crippen molar-refractivity contribution in [2.45, 2.75) is 0 Å². The normalized spacial score (nSPS) is 10.9. The van der Waals surface area contributed by atoms with Gasteiger partial charge in [0.25, 0.3) is 5.56 Å². The van der Waals surface area contributed by atoms with E-state index in [0.29, 0.717) is 5.39 Å². The first kappa shape index (κ1) is 12.4. The summed E-state index contributed by atoms with van der Waals surface area (Å²) in [6.45, 7) is 0. The van der Waals surface area contributed by atoms with Gasteiger partial charge in [-0.3, -0.25) is 4.79 Å². The predicted octanol–water partition coefficient (Wildman–Crippen LogP) is 2.93. The van der Waals surface area contributed by atoms with Crippen molar-refractivity contribution < 1.29 is 4.39 Å². The molecule has 0 bridgehead atoms. The van der Waals surface area contributed by atoms with Gasteiger partial charge in [0.05, 0.1) is 5.69 Å². The van der Waals surface area contributed by atoms with Crippen LogP contribution in [0.15, 0.2) is 53.5 Å². The molecule has 3 rings (SSSR count). The standard InChI is InChI=1S/C16H13FN2O/c1-19-9-13(10-6-7-14(17)15(18)8-10)11-4-2-3-5-12(11)16(19)20/h2-9H,18H2,1H3. The van der Waals surface area contributed by atoms with Crippen LogP contribution in [0, 0.1) is 5.82 Å². The Bertz CT molecular complexity index is 868. The van der Waals surface area contributed by atoms with Gasteiger partial charge in [-0.15, -0.1) is 0 Å². The highest BCUT2D eigenvalue weighted by Gasteiger charge is 2.09. The number of halogens is 1. The molecule has 0 atom stereocenters. The Morgan fingerprint density at radius 2 is 1.80 bits per heavy atom. The van der Waals surface area contributed by atoms with E-state index in [9.17, 15) is 9.18 Å². The summed E-state index contributed by atoms with van der Waals surface area (Å²) in [4.78, 5) is 12.1. The Kier molecular flexibility index (Phi) is 2.79. The highest BCUT2D eigenvalue weighted by Crippen LogP contribution is 2.28. The van der Waals surface area contributed by atoms with Crippen molar-refractivity contribution in [1.29, 1.82) is 0 Å². The van der Waals surface area contributed by atoms with Crippen molar-refractivity contribution in [1.82, 2.24) is 4.57 Å². The molecule has 3 aromatic rings. The quantitative estimate of drug-likeness (QED) is 0.690. The van der Waals surface area contributed by atoms with E-state index in [-0.39, 0.29) is 11.2 Å². The Labute approximate surface area is 115 Å². The lowest BCUT2D eigenvalue weighted by molar-refractivity contribution is 0.632. The van der Waals surface area contributed by atoms with Gasteiger partial charge in [-0.2, -0.15) is 0 Å².